The molecule has 0 heterocycles. The van der Waals surface area contributed by atoms with Crippen molar-refractivity contribution in [1.29, 1.82) is 0 Å². The Labute approximate surface area is 148 Å². The number of hydrogen-bond donors (Lipinski definition) is 0. The van der Waals surface area contributed by atoms with E-state index in [1.807, 2.05) is 0 Å². The Morgan fingerprint density at radius 2 is 1.21 bits per heavy atom. The Hall–Kier alpha value is -1.04. The van der Waals surface area contributed by atoms with Crippen LogP contribution in [0, 0.1) is 34.5 Å². The minimum Gasteiger partial charge on any atom is -0.0955 e. The van der Waals surface area contributed by atoms with Crippen LogP contribution in [0.1, 0.15) is 66.2 Å². The van der Waals surface area contributed by atoms with Crippen LogP contribution in [0.15, 0.2) is 47.6 Å². The molecule has 0 aromatic carbocycles. The minimum atomic E-state index is 0.501. The summed E-state index contributed by atoms with van der Waals surface area (Å²) in [6, 6.07) is 0. The third-order valence-corrected chi connectivity index (χ3v) is 8.48. The number of fused-ring (bicyclic) bond motifs is 2. The highest BCUT2D eigenvalue weighted by atomic mass is 14.6. The third-order valence-electron chi connectivity index (χ3n) is 8.48. The first-order valence-corrected chi connectivity index (χ1v) is 9.99. The predicted molar refractivity (Wildman–Crippen MR) is 104 cm³/mol. The van der Waals surface area contributed by atoms with E-state index in [2.05, 4.69) is 53.0 Å². The van der Waals surface area contributed by atoms with Gasteiger partial charge in [-0.1, -0.05) is 64.2 Å². The molecule has 0 heteroatoms. The fourth-order valence-electron chi connectivity index (χ4n) is 6.08. The van der Waals surface area contributed by atoms with Crippen LogP contribution in [-0.4, -0.2) is 0 Å². The van der Waals surface area contributed by atoms with Crippen LogP contribution in [0.25, 0.3) is 0 Å². The molecule has 0 saturated heterocycles. The Kier molecular flexibility index (Phi) is 3.58. The van der Waals surface area contributed by atoms with E-state index in [-0.39, 0.29) is 0 Å². The monoisotopic (exact) mass is 322 g/mol. The van der Waals surface area contributed by atoms with Gasteiger partial charge >= 0.3 is 0 Å². The summed E-state index contributed by atoms with van der Waals surface area (Å²) in [6.45, 7) is 18.7. The maximum atomic E-state index is 4.46. The highest BCUT2D eigenvalue weighted by Crippen LogP contribution is 2.62. The Bertz CT molecular complexity index is 594. The van der Waals surface area contributed by atoms with Crippen molar-refractivity contribution < 1.29 is 0 Å². The van der Waals surface area contributed by atoms with Gasteiger partial charge in [-0.3, -0.25) is 0 Å². The van der Waals surface area contributed by atoms with E-state index in [9.17, 15) is 0 Å². The summed E-state index contributed by atoms with van der Waals surface area (Å²) in [6.07, 6.45) is 12.5. The van der Waals surface area contributed by atoms with Crippen molar-refractivity contribution in [3.05, 3.63) is 47.6 Å². The van der Waals surface area contributed by atoms with Gasteiger partial charge in [-0.05, 0) is 84.2 Å². The second kappa shape index (κ2) is 5.23. The molecule has 4 atom stereocenters. The van der Waals surface area contributed by atoms with Crippen LogP contribution in [0.4, 0.5) is 0 Å². The van der Waals surface area contributed by atoms with Gasteiger partial charge in [-0.2, -0.15) is 0 Å². The molecule has 0 unspecified atom stereocenters. The van der Waals surface area contributed by atoms with Crippen LogP contribution in [-0.2, 0) is 0 Å². The first-order valence-electron chi connectivity index (χ1n) is 9.99. The van der Waals surface area contributed by atoms with Crippen molar-refractivity contribution in [1.82, 2.24) is 0 Å². The lowest BCUT2D eigenvalue weighted by atomic mass is 9.47. The van der Waals surface area contributed by atoms with Crippen molar-refractivity contribution in [2.75, 3.05) is 0 Å². The summed E-state index contributed by atoms with van der Waals surface area (Å²) in [5.41, 5.74) is 6.93. The average molecular weight is 323 g/mol. The van der Waals surface area contributed by atoms with Gasteiger partial charge in [0.15, 0.2) is 0 Å². The number of allylic oxidation sites excluding steroid dienone is 6. The summed E-state index contributed by atoms with van der Waals surface area (Å²) < 4.78 is 0. The third kappa shape index (κ3) is 2.18. The molecule has 0 radical (unpaired) electrons. The molecule has 0 aliphatic heterocycles. The van der Waals surface area contributed by atoms with Gasteiger partial charge in [0.05, 0.1) is 0 Å². The van der Waals surface area contributed by atoms with E-state index in [1.54, 1.807) is 11.1 Å². The van der Waals surface area contributed by atoms with Gasteiger partial charge in [-0.15, -0.1) is 0 Å². The van der Waals surface area contributed by atoms with Gasteiger partial charge in [-0.25, -0.2) is 0 Å². The number of rotatable bonds is 5. The average Bonchev–Trinajstić information content (AvgIpc) is 2.58. The smallest absolute Gasteiger partial charge is 0.0106 e. The Morgan fingerprint density at radius 3 is 1.50 bits per heavy atom. The zero-order chi connectivity index (χ0) is 17.3. The summed E-state index contributed by atoms with van der Waals surface area (Å²) in [5, 5.41) is 0. The highest BCUT2D eigenvalue weighted by Gasteiger charge is 2.52. The lowest BCUT2D eigenvalue weighted by molar-refractivity contribution is -0.00506. The van der Waals surface area contributed by atoms with Crippen molar-refractivity contribution in [2.24, 2.45) is 34.5 Å². The fraction of sp³-hybridized carbons (Fsp3) is 0.667. The van der Waals surface area contributed by atoms with Crippen molar-refractivity contribution in [3.63, 3.8) is 0 Å². The molecular formula is C24H34. The van der Waals surface area contributed by atoms with Gasteiger partial charge in [0.1, 0.15) is 0 Å². The first kappa shape index (κ1) is 16.4. The van der Waals surface area contributed by atoms with Gasteiger partial charge in [0.25, 0.3) is 0 Å². The molecule has 0 N–H and O–H groups in total. The molecule has 24 heavy (non-hydrogen) atoms. The van der Waals surface area contributed by atoms with E-state index >= 15 is 0 Å². The molecular weight excluding hydrogens is 288 g/mol. The van der Waals surface area contributed by atoms with Crippen molar-refractivity contribution in [2.45, 2.75) is 66.2 Å². The molecule has 2 saturated carbocycles. The molecule has 0 nitrogen and oxygen atoms in total. The topological polar surface area (TPSA) is 0 Å². The van der Waals surface area contributed by atoms with E-state index in [0.717, 1.165) is 36.5 Å². The molecule has 0 spiro atoms. The zero-order valence-electron chi connectivity index (χ0n) is 16.1. The second-order valence-electron chi connectivity index (χ2n) is 10.1. The molecule has 0 aromatic heterocycles. The maximum Gasteiger partial charge on any atom is -0.0106 e. The molecule has 0 amide bonds. The lowest BCUT2D eigenvalue weighted by Gasteiger charge is -2.57. The molecule has 6 aliphatic carbocycles. The fourth-order valence-corrected chi connectivity index (χ4v) is 6.08. The summed E-state index contributed by atoms with van der Waals surface area (Å²) in [7, 11) is 0. The van der Waals surface area contributed by atoms with Gasteiger partial charge in [0.2, 0.25) is 0 Å². The van der Waals surface area contributed by atoms with Crippen LogP contribution < -0.4 is 0 Å². The summed E-state index contributed by atoms with van der Waals surface area (Å²) >= 11 is 0. The Morgan fingerprint density at radius 1 is 0.833 bits per heavy atom. The van der Waals surface area contributed by atoms with Crippen LogP contribution in [0.2, 0.25) is 0 Å². The van der Waals surface area contributed by atoms with E-state index < -0.39 is 0 Å². The molecule has 4 bridgehead atoms. The molecule has 2 fully saturated rings. The van der Waals surface area contributed by atoms with Crippen LogP contribution in [0.3, 0.4) is 0 Å². The van der Waals surface area contributed by atoms with Crippen LogP contribution in [0.5, 0.6) is 0 Å². The predicted octanol–water partition coefficient (Wildman–Crippen LogP) is 6.86. The number of hydrogen-bond acceptors (Lipinski definition) is 0. The Balaban J connectivity index is 1.38. The molecule has 0 aromatic rings. The second-order valence-corrected chi connectivity index (χ2v) is 10.1. The normalized spacial score (nSPS) is 37.5. The minimum absolute atomic E-state index is 0.501. The van der Waals surface area contributed by atoms with E-state index in [1.165, 1.54) is 36.8 Å². The van der Waals surface area contributed by atoms with E-state index in [0.29, 0.717) is 10.8 Å². The lowest BCUT2D eigenvalue weighted by Crippen LogP contribution is -2.48. The first-order chi connectivity index (χ1) is 11.2. The molecule has 6 rings (SSSR count). The van der Waals surface area contributed by atoms with Crippen molar-refractivity contribution >= 4 is 0 Å². The molecule has 6 aliphatic rings. The molecule has 130 valence electrons. The van der Waals surface area contributed by atoms with Crippen LogP contribution >= 0.6 is 0 Å². The van der Waals surface area contributed by atoms with Gasteiger partial charge < -0.3 is 0 Å². The zero-order valence-corrected chi connectivity index (χ0v) is 16.1. The summed E-state index contributed by atoms with van der Waals surface area (Å²) in [5.74, 6) is 3.35. The standard InChI is InChI=1S/C24H34/c1-15(19-11-9-17-13-21(19)23(17,3)4)7-8-16(2)20-12-10-18-14-22(20)24(18,5)6/h11-12,17-18,21-22H,1-2,7-10,13-14H2,3-6H3/t17-,18-,21-,22-/m0/s1. The van der Waals surface area contributed by atoms with Gasteiger partial charge in [0, 0.05) is 0 Å². The SMILES string of the molecule is C=C(CCC(=C)C1=CC[C@H]2C[C@@H]1C2(C)C)C1=CC[C@H]2C[C@@H]1C2(C)C. The summed E-state index contributed by atoms with van der Waals surface area (Å²) in [4.78, 5) is 0. The highest BCUT2D eigenvalue weighted by molar-refractivity contribution is 5.41. The van der Waals surface area contributed by atoms with E-state index in [4.69, 9.17) is 0 Å². The van der Waals surface area contributed by atoms with Crippen molar-refractivity contribution in [3.8, 4) is 0 Å². The quantitative estimate of drug-likeness (QED) is 0.518. The maximum absolute atomic E-state index is 4.46. The largest absolute Gasteiger partial charge is 0.0955 e.